The first-order chi connectivity index (χ1) is 16.4. The lowest BCUT2D eigenvalue weighted by molar-refractivity contribution is -0.108. The van der Waals surface area contributed by atoms with Crippen molar-refractivity contribution in [2.75, 3.05) is 0 Å². The largest absolute Gasteiger partial charge is 0.282 e. The van der Waals surface area contributed by atoms with Gasteiger partial charge >= 0.3 is 0 Å². The Bertz CT molecular complexity index is 1440. The number of benzene rings is 4. The fourth-order valence-electron chi connectivity index (χ4n) is 3.63. The van der Waals surface area contributed by atoms with Crippen LogP contribution in [0.5, 0.6) is 0 Å². The van der Waals surface area contributed by atoms with E-state index in [-0.39, 0.29) is 16.0 Å². The highest BCUT2D eigenvalue weighted by molar-refractivity contribution is 8.14. The predicted molar refractivity (Wildman–Crippen MR) is 142 cm³/mol. The van der Waals surface area contributed by atoms with Gasteiger partial charge in [-0.3, -0.25) is 9.59 Å². The number of fused-ring (bicyclic) bond motifs is 1. The van der Waals surface area contributed by atoms with Gasteiger partial charge in [-0.1, -0.05) is 67.8 Å². The molecule has 4 rings (SSSR count). The van der Waals surface area contributed by atoms with Crippen LogP contribution < -0.4 is 0 Å². The van der Waals surface area contributed by atoms with Crippen LogP contribution in [0.3, 0.4) is 0 Å². The Morgan fingerprint density at radius 2 is 1.41 bits per heavy atom. The number of rotatable bonds is 6. The van der Waals surface area contributed by atoms with Crippen LogP contribution in [-0.4, -0.2) is 10.2 Å². The van der Waals surface area contributed by atoms with Gasteiger partial charge in [0.25, 0.3) is 0 Å². The van der Waals surface area contributed by atoms with Crippen LogP contribution in [0.2, 0.25) is 0 Å². The Morgan fingerprint density at radius 3 is 2.03 bits per heavy atom. The predicted octanol–water partition coefficient (Wildman–Crippen LogP) is 8.31. The molecule has 0 aromatic heterocycles. The van der Waals surface area contributed by atoms with Crippen molar-refractivity contribution in [3.63, 3.8) is 0 Å². The molecule has 168 valence electrons. The topological polar surface area (TPSA) is 34.1 Å². The van der Waals surface area contributed by atoms with Crippen molar-refractivity contribution < 1.29 is 14.0 Å². The maximum Gasteiger partial charge on any atom is 0.219 e. The second kappa shape index (κ2) is 10.2. The molecule has 34 heavy (non-hydrogen) atoms. The summed E-state index contributed by atoms with van der Waals surface area (Å²) >= 11 is 2.10. The second-order valence-corrected chi connectivity index (χ2v) is 9.79. The molecular weight excluding hydrogens is 463 g/mol. The first-order valence-electron chi connectivity index (χ1n) is 10.5. The Labute approximate surface area is 206 Å². The summed E-state index contributed by atoms with van der Waals surface area (Å²) in [5.41, 5.74) is 3.71. The smallest absolute Gasteiger partial charge is 0.219 e. The van der Waals surface area contributed by atoms with Crippen molar-refractivity contribution in [1.82, 2.24) is 0 Å². The van der Waals surface area contributed by atoms with Crippen molar-refractivity contribution in [2.45, 2.75) is 16.7 Å². The zero-order chi connectivity index (χ0) is 24.2. The van der Waals surface area contributed by atoms with Gasteiger partial charge in [0.05, 0.1) is 0 Å². The van der Waals surface area contributed by atoms with Crippen LogP contribution in [0.1, 0.15) is 6.92 Å². The Kier molecular flexibility index (Phi) is 7.15. The Hall–Kier alpha value is -3.41. The average Bonchev–Trinajstić information content (AvgIpc) is 2.84. The van der Waals surface area contributed by atoms with E-state index in [4.69, 9.17) is 0 Å². The molecule has 0 aliphatic carbocycles. The maximum atomic E-state index is 15.1. The van der Waals surface area contributed by atoms with Crippen LogP contribution in [0.15, 0.2) is 113 Å². The van der Waals surface area contributed by atoms with E-state index in [1.54, 1.807) is 19.1 Å². The number of thioether (sulfide) groups is 2. The van der Waals surface area contributed by atoms with Crippen LogP contribution >= 0.6 is 23.5 Å². The second-order valence-electron chi connectivity index (χ2n) is 7.67. The molecule has 2 nitrogen and oxygen atoms in total. The third kappa shape index (κ3) is 5.06. The molecular formula is C29H21FO2S2. The van der Waals surface area contributed by atoms with Crippen molar-refractivity contribution in [3.8, 4) is 22.3 Å². The lowest BCUT2D eigenvalue weighted by atomic mass is 9.93. The molecule has 0 amide bonds. The molecule has 4 aromatic carbocycles. The third-order valence-electron chi connectivity index (χ3n) is 5.26. The van der Waals surface area contributed by atoms with Gasteiger partial charge in [-0.25, -0.2) is 4.39 Å². The van der Waals surface area contributed by atoms with Gasteiger partial charge in [-0.2, -0.15) is 0 Å². The van der Waals surface area contributed by atoms with Crippen LogP contribution in [0, 0.1) is 5.82 Å². The van der Waals surface area contributed by atoms with Gasteiger partial charge in [-0.05, 0) is 93.8 Å². The first kappa shape index (κ1) is 23.7. The SMILES string of the molecule is C=CC(=O)Sc1ccc(-c2cccc3c(-c4ccc(SC(=O)C(=C)C)cc4F)cccc23)cc1. The number of hydrogen-bond acceptors (Lipinski definition) is 4. The molecule has 4 aromatic rings. The highest BCUT2D eigenvalue weighted by Crippen LogP contribution is 2.37. The van der Waals surface area contributed by atoms with Gasteiger partial charge in [0.15, 0.2) is 0 Å². The summed E-state index contributed by atoms with van der Waals surface area (Å²) in [6, 6.07) is 24.4. The summed E-state index contributed by atoms with van der Waals surface area (Å²) in [5, 5.41) is 1.65. The van der Waals surface area contributed by atoms with Gasteiger partial charge in [-0.15, -0.1) is 0 Å². The fraction of sp³-hybridized carbons (Fsp3) is 0.0345. The van der Waals surface area contributed by atoms with E-state index in [0.717, 1.165) is 55.9 Å². The first-order valence-corrected chi connectivity index (χ1v) is 12.1. The molecule has 0 aliphatic heterocycles. The van der Waals surface area contributed by atoms with Crippen molar-refractivity contribution in [1.29, 1.82) is 0 Å². The number of hydrogen-bond donors (Lipinski definition) is 0. The molecule has 0 fully saturated rings. The van der Waals surface area contributed by atoms with Crippen molar-refractivity contribution in [3.05, 3.63) is 109 Å². The normalized spacial score (nSPS) is 10.8. The van der Waals surface area contributed by atoms with E-state index >= 15 is 4.39 Å². The molecule has 0 bridgehead atoms. The minimum absolute atomic E-state index is 0.0991. The van der Waals surface area contributed by atoms with E-state index < -0.39 is 0 Å². The van der Waals surface area contributed by atoms with Crippen LogP contribution in [0.25, 0.3) is 33.0 Å². The summed E-state index contributed by atoms with van der Waals surface area (Å²) in [7, 11) is 0. The third-order valence-corrected chi connectivity index (χ3v) is 7.16. The molecule has 0 atom stereocenters. The Morgan fingerprint density at radius 1 is 0.794 bits per heavy atom. The molecule has 0 radical (unpaired) electrons. The highest BCUT2D eigenvalue weighted by Gasteiger charge is 2.14. The molecule has 0 saturated carbocycles. The number of halogens is 1. The van der Waals surface area contributed by atoms with Gasteiger partial charge in [0.1, 0.15) is 5.82 Å². The molecule has 0 aliphatic rings. The van der Waals surface area contributed by atoms with Crippen LogP contribution in [-0.2, 0) is 9.59 Å². The Balaban J connectivity index is 1.73. The number of carbonyl (C=O) groups is 2. The zero-order valence-electron chi connectivity index (χ0n) is 18.5. The summed E-state index contributed by atoms with van der Waals surface area (Å²) in [6.45, 7) is 8.79. The van der Waals surface area contributed by atoms with Crippen molar-refractivity contribution in [2.24, 2.45) is 0 Å². The molecule has 0 N–H and O–H groups in total. The lowest BCUT2D eigenvalue weighted by Gasteiger charge is -2.13. The minimum atomic E-state index is -0.384. The van der Waals surface area contributed by atoms with Gasteiger partial charge in [0, 0.05) is 15.4 Å². The fourth-order valence-corrected chi connectivity index (χ4v) is 4.90. The van der Waals surface area contributed by atoms with E-state index in [1.807, 2.05) is 60.7 Å². The summed E-state index contributed by atoms with van der Waals surface area (Å²) in [6.07, 6.45) is 1.30. The van der Waals surface area contributed by atoms with E-state index in [9.17, 15) is 9.59 Å². The zero-order valence-corrected chi connectivity index (χ0v) is 20.1. The van der Waals surface area contributed by atoms with E-state index in [1.165, 1.54) is 12.1 Å². The standard InChI is InChI=1S/C29H21FO2S2/c1-4-28(31)33-20-13-11-19(12-14-20)22-7-5-9-24-23(22)8-6-10-25(24)26-16-15-21(17-27(26)30)34-29(32)18(2)3/h4-17H,1-2H2,3H3. The van der Waals surface area contributed by atoms with Gasteiger partial charge < -0.3 is 0 Å². The molecule has 5 heteroatoms. The molecule has 0 saturated heterocycles. The van der Waals surface area contributed by atoms with Gasteiger partial charge in [0.2, 0.25) is 10.2 Å². The maximum absolute atomic E-state index is 15.1. The van der Waals surface area contributed by atoms with Crippen LogP contribution in [0.4, 0.5) is 4.39 Å². The highest BCUT2D eigenvalue weighted by atomic mass is 32.2. The summed E-state index contributed by atoms with van der Waals surface area (Å²) < 4.78 is 15.1. The average molecular weight is 485 g/mol. The van der Waals surface area contributed by atoms with Crippen molar-refractivity contribution >= 4 is 44.5 Å². The van der Waals surface area contributed by atoms with E-state index in [2.05, 4.69) is 13.2 Å². The monoisotopic (exact) mass is 484 g/mol. The lowest BCUT2D eigenvalue weighted by Crippen LogP contribution is -1.93. The quantitative estimate of drug-likeness (QED) is 0.204. The molecule has 0 unspecified atom stereocenters. The molecule has 0 heterocycles. The molecule has 0 spiro atoms. The summed E-state index contributed by atoms with van der Waals surface area (Å²) in [5.74, 6) is -0.384. The number of carbonyl (C=O) groups excluding carboxylic acids is 2. The minimum Gasteiger partial charge on any atom is -0.282 e. The van der Waals surface area contributed by atoms with E-state index in [0.29, 0.717) is 16.0 Å². The summed E-state index contributed by atoms with van der Waals surface area (Å²) in [4.78, 5) is 24.9.